The maximum atomic E-state index is 12.0. The van der Waals surface area contributed by atoms with E-state index in [1.54, 1.807) is 0 Å². The van der Waals surface area contributed by atoms with Crippen molar-refractivity contribution in [2.75, 3.05) is 11.9 Å². The number of unbranched alkanes of at least 4 members (excludes halogenated alkanes) is 1. The quantitative estimate of drug-likeness (QED) is 0.191. The third-order valence-electron chi connectivity index (χ3n) is 4.84. The molecular weight excluding hydrogens is 492 g/mol. The van der Waals surface area contributed by atoms with Crippen LogP contribution in [0.1, 0.15) is 32.6 Å². The Morgan fingerprint density at radius 1 is 1.06 bits per heavy atom. The van der Waals surface area contributed by atoms with Gasteiger partial charge in [-0.15, -0.1) is 0 Å². The van der Waals surface area contributed by atoms with Gasteiger partial charge in [-0.2, -0.15) is 8.42 Å². The molecule has 15 heteroatoms. The average Bonchev–Trinajstić information content (AvgIpc) is 2.77. The van der Waals surface area contributed by atoms with Gasteiger partial charge in [0.15, 0.2) is 12.2 Å². The minimum Gasteiger partial charge on any atom is -0.479 e. The molecule has 1 heterocycles. The summed E-state index contributed by atoms with van der Waals surface area (Å²) in [4.78, 5) is 34.9. The molecule has 2 rings (SSSR count). The van der Waals surface area contributed by atoms with Crippen LogP contribution in [0.5, 0.6) is 5.75 Å². The first kappa shape index (κ1) is 28.4. The fourth-order valence-electron chi connectivity index (χ4n) is 3.09. The number of carboxylic acid groups (broad SMARTS) is 1. The lowest BCUT2D eigenvalue weighted by atomic mass is 9.99. The lowest BCUT2D eigenvalue weighted by molar-refractivity contribution is -0.265. The number of carboxylic acids is 1. The number of rotatable bonds is 12. The number of anilines is 1. The Kier molecular flexibility index (Phi) is 10.4. The van der Waals surface area contributed by atoms with Crippen molar-refractivity contribution >= 4 is 33.9 Å². The van der Waals surface area contributed by atoms with Crippen LogP contribution in [0.25, 0.3) is 0 Å². The van der Waals surface area contributed by atoms with E-state index in [9.17, 15) is 33.0 Å². The normalized spacial score (nSPS) is 24.4. The molecule has 1 aromatic rings. The number of carbonyl (C=O) groups excluding carboxylic acids is 2. The van der Waals surface area contributed by atoms with Crippen molar-refractivity contribution in [3.8, 4) is 5.75 Å². The highest BCUT2D eigenvalue weighted by Crippen LogP contribution is 2.28. The molecule has 14 nitrogen and oxygen atoms in total. The number of ether oxygens (including phenoxy) is 2. The topological polar surface area (TPSA) is 218 Å². The Morgan fingerprint density at radius 2 is 1.71 bits per heavy atom. The number of nitrogens with one attached hydrogen (secondary N) is 2. The van der Waals surface area contributed by atoms with Crippen LogP contribution in [0.2, 0.25) is 0 Å². The van der Waals surface area contributed by atoms with Crippen molar-refractivity contribution < 1.29 is 56.3 Å². The van der Waals surface area contributed by atoms with E-state index in [0.717, 1.165) is 12.8 Å². The fraction of sp³-hybridized carbons (Fsp3) is 0.550. The van der Waals surface area contributed by atoms with Gasteiger partial charge in [-0.1, -0.05) is 13.3 Å². The molecule has 1 fully saturated rings. The van der Waals surface area contributed by atoms with Crippen LogP contribution in [-0.4, -0.2) is 83.3 Å². The molecule has 0 saturated carbocycles. The van der Waals surface area contributed by atoms with Gasteiger partial charge in [0.25, 0.3) is 0 Å². The van der Waals surface area contributed by atoms with E-state index >= 15 is 0 Å². The number of aliphatic hydroxyl groups excluding tert-OH is 2. The third kappa shape index (κ3) is 9.04. The van der Waals surface area contributed by atoms with Gasteiger partial charge >= 0.3 is 16.4 Å². The second kappa shape index (κ2) is 12.8. The predicted molar refractivity (Wildman–Crippen MR) is 118 cm³/mol. The summed E-state index contributed by atoms with van der Waals surface area (Å²) in [6.07, 6.45) is -7.92. The van der Waals surface area contributed by atoms with Crippen LogP contribution >= 0.6 is 0 Å². The van der Waals surface area contributed by atoms with Gasteiger partial charge < -0.3 is 35.4 Å². The van der Waals surface area contributed by atoms with E-state index in [4.69, 9.17) is 19.1 Å². The van der Waals surface area contributed by atoms with Crippen molar-refractivity contribution in [1.82, 2.24) is 5.32 Å². The SMILES string of the molecule is CCCCC(=O)NCCC(=O)Nc1ccc(OC2OC(C(=O)O)C(O)C(O)C2OS(=O)(=O)O)cc1. The Hall–Kier alpha value is -2.82. The van der Waals surface area contributed by atoms with Gasteiger partial charge in [0, 0.05) is 25.1 Å². The Morgan fingerprint density at radius 3 is 2.29 bits per heavy atom. The molecule has 6 N–H and O–H groups in total. The Balaban J connectivity index is 1.99. The van der Waals surface area contributed by atoms with Crippen LogP contribution in [0.4, 0.5) is 5.69 Å². The molecule has 0 spiro atoms. The standard InChI is InChI=1S/C20H28N2O12S/c1-2-3-4-13(23)21-10-9-14(24)22-11-5-7-12(8-6-11)32-20-18(34-35(29,30)31)16(26)15(25)17(33-20)19(27)28/h5-8,15-18,20,25-26H,2-4,9-10H2,1H3,(H,21,23)(H,22,24)(H,27,28)(H,29,30,31). The molecule has 1 saturated heterocycles. The van der Waals surface area contributed by atoms with Crippen molar-refractivity contribution in [3.63, 3.8) is 0 Å². The van der Waals surface area contributed by atoms with Crippen LogP contribution in [-0.2, 0) is 33.7 Å². The first-order valence-corrected chi connectivity index (χ1v) is 12.0. The summed E-state index contributed by atoms with van der Waals surface area (Å²) < 4.78 is 45.9. The summed E-state index contributed by atoms with van der Waals surface area (Å²) >= 11 is 0. The van der Waals surface area contributed by atoms with Crippen LogP contribution in [0, 0.1) is 0 Å². The lowest BCUT2D eigenvalue weighted by Gasteiger charge is -2.39. The van der Waals surface area contributed by atoms with E-state index < -0.39 is 47.1 Å². The Bertz CT molecular complexity index is 984. The molecule has 0 aromatic heterocycles. The molecular formula is C20H28N2O12S. The van der Waals surface area contributed by atoms with Gasteiger partial charge in [0.1, 0.15) is 18.0 Å². The van der Waals surface area contributed by atoms with Crippen LogP contribution < -0.4 is 15.4 Å². The molecule has 0 radical (unpaired) electrons. The zero-order chi connectivity index (χ0) is 26.2. The van der Waals surface area contributed by atoms with Gasteiger partial charge in [-0.3, -0.25) is 14.1 Å². The number of aliphatic hydroxyl groups is 2. The molecule has 1 aliphatic rings. The van der Waals surface area contributed by atoms with Crippen molar-refractivity contribution in [3.05, 3.63) is 24.3 Å². The zero-order valence-electron chi connectivity index (χ0n) is 18.7. The summed E-state index contributed by atoms with van der Waals surface area (Å²) in [6.45, 7) is 2.13. The molecule has 35 heavy (non-hydrogen) atoms. The van der Waals surface area contributed by atoms with E-state index in [-0.39, 0.29) is 30.5 Å². The van der Waals surface area contributed by atoms with E-state index in [1.165, 1.54) is 24.3 Å². The van der Waals surface area contributed by atoms with Gasteiger partial charge in [0.2, 0.25) is 18.1 Å². The van der Waals surface area contributed by atoms with Crippen LogP contribution in [0.15, 0.2) is 24.3 Å². The number of carbonyl (C=O) groups is 3. The summed E-state index contributed by atoms with van der Waals surface area (Å²) in [7, 11) is -5.13. The summed E-state index contributed by atoms with van der Waals surface area (Å²) in [5.74, 6) is -2.17. The highest BCUT2D eigenvalue weighted by molar-refractivity contribution is 7.80. The first-order chi connectivity index (χ1) is 16.4. The van der Waals surface area contributed by atoms with Crippen LogP contribution in [0.3, 0.4) is 0 Å². The number of aliphatic carboxylic acids is 1. The predicted octanol–water partition coefficient (Wildman–Crippen LogP) is -0.580. The monoisotopic (exact) mass is 520 g/mol. The van der Waals surface area contributed by atoms with E-state index in [1.807, 2.05) is 6.92 Å². The van der Waals surface area contributed by atoms with E-state index in [2.05, 4.69) is 14.8 Å². The Labute approximate surface area is 201 Å². The number of amides is 2. The number of hydrogen-bond donors (Lipinski definition) is 6. The van der Waals surface area contributed by atoms with Crippen molar-refractivity contribution in [1.29, 1.82) is 0 Å². The van der Waals surface area contributed by atoms with Crippen molar-refractivity contribution in [2.24, 2.45) is 0 Å². The molecule has 5 atom stereocenters. The minimum absolute atomic E-state index is 0.00662. The molecule has 1 aromatic carbocycles. The maximum absolute atomic E-state index is 12.0. The van der Waals surface area contributed by atoms with Gasteiger partial charge in [-0.05, 0) is 30.7 Å². The molecule has 2 amide bonds. The number of benzene rings is 1. The van der Waals surface area contributed by atoms with Gasteiger partial charge in [-0.25, -0.2) is 8.98 Å². The van der Waals surface area contributed by atoms with E-state index in [0.29, 0.717) is 12.1 Å². The fourth-order valence-corrected chi connectivity index (χ4v) is 3.58. The van der Waals surface area contributed by atoms with Crippen molar-refractivity contribution in [2.45, 2.75) is 63.3 Å². The average molecular weight is 521 g/mol. The smallest absolute Gasteiger partial charge is 0.397 e. The second-order valence-corrected chi connectivity index (χ2v) is 8.67. The van der Waals surface area contributed by atoms with Gasteiger partial charge in [0.05, 0.1) is 0 Å². The zero-order valence-corrected chi connectivity index (χ0v) is 19.5. The second-order valence-electron chi connectivity index (χ2n) is 7.63. The largest absolute Gasteiger partial charge is 0.479 e. The summed E-state index contributed by atoms with van der Waals surface area (Å²) in [6, 6.07) is 5.47. The lowest BCUT2D eigenvalue weighted by Crippen LogP contribution is -2.62. The molecule has 0 aliphatic carbocycles. The molecule has 196 valence electrons. The first-order valence-electron chi connectivity index (χ1n) is 10.6. The highest BCUT2D eigenvalue weighted by atomic mass is 32.3. The molecule has 5 unspecified atom stereocenters. The third-order valence-corrected chi connectivity index (χ3v) is 5.31. The maximum Gasteiger partial charge on any atom is 0.397 e. The number of hydrogen-bond acceptors (Lipinski definition) is 10. The highest BCUT2D eigenvalue weighted by Gasteiger charge is 2.51. The molecule has 0 bridgehead atoms. The molecule has 1 aliphatic heterocycles. The summed E-state index contributed by atoms with van der Waals surface area (Å²) in [5, 5.41) is 34.4. The summed E-state index contributed by atoms with van der Waals surface area (Å²) in [5.41, 5.74) is 0.355. The minimum atomic E-state index is -5.13.